The minimum atomic E-state index is -0.295. The van der Waals surface area contributed by atoms with E-state index in [0.29, 0.717) is 18.7 Å². The zero-order valence-electron chi connectivity index (χ0n) is 9.10. The number of hydrogen-bond acceptors (Lipinski definition) is 5. The Labute approximate surface area is 98.1 Å². The summed E-state index contributed by atoms with van der Waals surface area (Å²) >= 11 is 1.58. The van der Waals surface area contributed by atoms with Crippen LogP contribution in [-0.4, -0.2) is 22.7 Å². The molecule has 0 aliphatic rings. The Kier molecular flexibility index (Phi) is 3.26. The van der Waals surface area contributed by atoms with E-state index in [1.807, 2.05) is 12.1 Å². The Morgan fingerprint density at radius 3 is 3.12 bits per heavy atom. The first-order chi connectivity index (χ1) is 7.68. The van der Waals surface area contributed by atoms with Gasteiger partial charge in [0.15, 0.2) is 0 Å². The maximum atomic E-state index is 9.16. The average molecular weight is 237 g/mol. The number of nitrogens with zero attached hydrogens (tertiary/aromatic N) is 1. The molecule has 0 aliphatic heterocycles. The summed E-state index contributed by atoms with van der Waals surface area (Å²) in [6, 6.07) is 3.96. The third kappa shape index (κ3) is 2.25. The minimum Gasteiger partial charge on any atom is -0.395 e. The zero-order chi connectivity index (χ0) is 11.5. The van der Waals surface area contributed by atoms with E-state index in [1.54, 1.807) is 23.8 Å². The summed E-state index contributed by atoms with van der Waals surface area (Å²) in [4.78, 5) is 4.23. The minimum absolute atomic E-state index is 0.295. The molecule has 0 saturated carbocycles. The number of thiazole rings is 1. The van der Waals surface area contributed by atoms with Crippen molar-refractivity contribution in [2.24, 2.45) is 0 Å². The highest BCUT2D eigenvalue weighted by atomic mass is 32.1. The quantitative estimate of drug-likeness (QED) is 0.712. The number of fused-ring (bicyclic) bond motifs is 1. The fourth-order valence-electron chi connectivity index (χ4n) is 1.52. The molecule has 0 spiro atoms. The third-order valence-corrected chi connectivity index (χ3v) is 3.21. The van der Waals surface area contributed by atoms with E-state index in [4.69, 9.17) is 10.8 Å². The predicted octanol–water partition coefficient (Wildman–Crippen LogP) is 2.06. The number of nitrogen functional groups attached to an aromatic ring is 1. The molecule has 2 aromatic rings. The van der Waals surface area contributed by atoms with E-state index in [2.05, 4.69) is 10.3 Å². The molecule has 4 N–H and O–H groups in total. The summed E-state index contributed by atoms with van der Waals surface area (Å²) < 4.78 is 1.10. The lowest BCUT2D eigenvalue weighted by Gasteiger charge is -2.10. The van der Waals surface area contributed by atoms with E-state index >= 15 is 0 Å². The van der Waals surface area contributed by atoms with E-state index in [-0.39, 0.29) is 6.10 Å². The molecule has 0 amide bonds. The van der Waals surface area contributed by atoms with Gasteiger partial charge in [0.2, 0.25) is 0 Å². The highest BCUT2D eigenvalue weighted by molar-refractivity contribution is 7.16. The SMILES string of the molecule is CC(O)CCNc1ccc2scnc2c1N. The lowest BCUT2D eigenvalue weighted by molar-refractivity contribution is 0.189. The van der Waals surface area contributed by atoms with Gasteiger partial charge in [-0.05, 0) is 25.5 Å². The summed E-state index contributed by atoms with van der Waals surface area (Å²) in [5, 5.41) is 12.4. The molecule has 0 fully saturated rings. The van der Waals surface area contributed by atoms with E-state index in [9.17, 15) is 0 Å². The second kappa shape index (κ2) is 4.67. The van der Waals surface area contributed by atoms with E-state index in [0.717, 1.165) is 15.9 Å². The monoisotopic (exact) mass is 237 g/mol. The number of hydrogen-bond donors (Lipinski definition) is 3. The Bertz CT molecular complexity index is 481. The van der Waals surface area contributed by atoms with Gasteiger partial charge in [-0.15, -0.1) is 11.3 Å². The number of aliphatic hydroxyl groups is 1. The van der Waals surface area contributed by atoms with Gasteiger partial charge in [-0.25, -0.2) is 4.98 Å². The van der Waals surface area contributed by atoms with Crippen LogP contribution in [-0.2, 0) is 0 Å². The number of anilines is 2. The van der Waals surface area contributed by atoms with Gasteiger partial charge in [-0.1, -0.05) is 0 Å². The number of rotatable bonds is 4. The molecule has 1 heterocycles. The molecule has 1 aromatic carbocycles. The van der Waals surface area contributed by atoms with Crippen molar-refractivity contribution in [2.45, 2.75) is 19.4 Å². The van der Waals surface area contributed by atoms with Crippen molar-refractivity contribution in [2.75, 3.05) is 17.6 Å². The molecule has 0 bridgehead atoms. The van der Waals surface area contributed by atoms with Crippen LogP contribution in [0.2, 0.25) is 0 Å². The summed E-state index contributed by atoms with van der Waals surface area (Å²) in [6.45, 7) is 2.48. The largest absolute Gasteiger partial charge is 0.395 e. The van der Waals surface area contributed by atoms with E-state index < -0.39 is 0 Å². The van der Waals surface area contributed by atoms with Gasteiger partial charge in [0.05, 0.1) is 27.7 Å². The second-order valence-corrected chi connectivity index (χ2v) is 4.68. The van der Waals surface area contributed by atoms with Crippen molar-refractivity contribution >= 4 is 32.9 Å². The summed E-state index contributed by atoms with van der Waals surface area (Å²) in [5.74, 6) is 0. The molecule has 16 heavy (non-hydrogen) atoms. The van der Waals surface area contributed by atoms with E-state index in [1.165, 1.54) is 0 Å². The Balaban J connectivity index is 2.15. The van der Waals surface area contributed by atoms with Crippen molar-refractivity contribution < 1.29 is 5.11 Å². The highest BCUT2D eigenvalue weighted by Gasteiger charge is 2.06. The summed E-state index contributed by atoms with van der Waals surface area (Å²) in [5.41, 5.74) is 10.2. The summed E-state index contributed by atoms with van der Waals surface area (Å²) in [6.07, 6.45) is 0.408. The predicted molar refractivity (Wildman–Crippen MR) is 68.8 cm³/mol. The number of nitrogens with one attached hydrogen (secondary N) is 1. The normalized spacial score (nSPS) is 12.9. The molecule has 1 unspecified atom stereocenters. The molecule has 0 aliphatic carbocycles. The molecular formula is C11H15N3OS. The number of nitrogens with two attached hydrogens (primary N) is 1. The maximum absolute atomic E-state index is 9.16. The Morgan fingerprint density at radius 1 is 1.56 bits per heavy atom. The van der Waals surface area contributed by atoms with Gasteiger partial charge in [0.25, 0.3) is 0 Å². The van der Waals surface area contributed by atoms with Gasteiger partial charge in [-0.3, -0.25) is 0 Å². The van der Waals surface area contributed by atoms with Crippen LogP contribution in [0.3, 0.4) is 0 Å². The molecular weight excluding hydrogens is 222 g/mol. The van der Waals surface area contributed by atoms with Crippen LogP contribution < -0.4 is 11.1 Å². The van der Waals surface area contributed by atoms with Gasteiger partial charge < -0.3 is 16.2 Å². The van der Waals surface area contributed by atoms with Gasteiger partial charge in [0.1, 0.15) is 5.52 Å². The van der Waals surface area contributed by atoms with Crippen LogP contribution in [0.4, 0.5) is 11.4 Å². The van der Waals surface area contributed by atoms with Crippen molar-refractivity contribution in [3.05, 3.63) is 17.6 Å². The molecule has 0 saturated heterocycles. The second-order valence-electron chi connectivity index (χ2n) is 3.79. The molecule has 4 nitrogen and oxygen atoms in total. The Hall–Kier alpha value is -1.33. The Morgan fingerprint density at radius 2 is 2.38 bits per heavy atom. The van der Waals surface area contributed by atoms with Crippen LogP contribution in [0.25, 0.3) is 10.2 Å². The average Bonchev–Trinajstić information content (AvgIpc) is 2.69. The highest BCUT2D eigenvalue weighted by Crippen LogP contribution is 2.29. The first kappa shape index (κ1) is 11.2. The van der Waals surface area contributed by atoms with Crippen LogP contribution in [0.5, 0.6) is 0 Å². The fourth-order valence-corrected chi connectivity index (χ4v) is 2.21. The van der Waals surface area contributed by atoms with Crippen LogP contribution in [0, 0.1) is 0 Å². The first-order valence-electron chi connectivity index (χ1n) is 5.22. The standard InChI is InChI=1S/C11H15N3OS/c1-7(15)4-5-13-8-2-3-9-11(10(8)12)14-6-16-9/h2-3,6-7,13,15H,4-5,12H2,1H3. The molecule has 0 radical (unpaired) electrons. The number of aromatic nitrogens is 1. The van der Waals surface area contributed by atoms with Crippen molar-refractivity contribution in [1.29, 1.82) is 0 Å². The van der Waals surface area contributed by atoms with Gasteiger partial charge in [-0.2, -0.15) is 0 Å². The molecule has 86 valence electrons. The number of benzene rings is 1. The van der Waals surface area contributed by atoms with Gasteiger partial charge in [0, 0.05) is 6.54 Å². The third-order valence-electron chi connectivity index (χ3n) is 2.42. The smallest absolute Gasteiger partial charge is 0.106 e. The maximum Gasteiger partial charge on any atom is 0.106 e. The number of aliphatic hydroxyl groups excluding tert-OH is 1. The van der Waals surface area contributed by atoms with Gasteiger partial charge >= 0.3 is 0 Å². The summed E-state index contributed by atoms with van der Waals surface area (Å²) in [7, 11) is 0. The van der Waals surface area contributed by atoms with Crippen LogP contribution >= 0.6 is 11.3 Å². The lowest BCUT2D eigenvalue weighted by Crippen LogP contribution is -2.10. The molecule has 1 aromatic heterocycles. The topological polar surface area (TPSA) is 71.2 Å². The van der Waals surface area contributed by atoms with Crippen molar-refractivity contribution in [3.63, 3.8) is 0 Å². The lowest BCUT2D eigenvalue weighted by atomic mass is 10.2. The molecule has 2 rings (SSSR count). The first-order valence-corrected chi connectivity index (χ1v) is 6.10. The van der Waals surface area contributed by atoms with Crippen molar-refractivity contribution in [1.82, 2.24) is 4.98 Å². The fraction of sp³-hybridized carbons (Fsp3) is 0.364. The van der Waals surface area contributed by atoms with Crippen LogP contribution in [0.1, 0.15) is 13.3 Å². The zero-order valence-corrected chi connectivity index (χ0v) is 9.92. The van der Waals surface area contributed by atoms with Crippen LogP contribution in [0.15, 0.2) is 17.6 Å². The molecule has 1 atom stereocenters. The van der Waals surface area contributed by atoms with Crippen molar-refractivity contribution in [3.8, 4) is 0 Å². The molecule has 5 heteroatoms.